The van der Waals surface area contributed by atoms with Crippen LogP contribution in [-0.4, -0.2) is 27.8 Å². The molecule has 0 spiro atoms. The van der Waals surface area contributed by atoms with Gasteiger partial charge in [0.2, 0.25) is 11.9 Å². The van der Waals surface area contributed by atoms with Gasteiger partial charge in [-0.3, -0.25) is 9.69 Å². The molecule has 3 aromatic rings. The van der Waals surface area contributed by atoms with Crippen LogP contribution < -0.4 is 9.64 Å². The highest BCUT2D eigenvalue weighted by Gasteiger charge is 2.44. The van der Waals surface area contributed by atoms with E-state index in [1.807, 2.05) is 58.1 Å². The Balaban J connectivity index is 1.62. The summed E-state index contributed by atoms with van der Waals surface area (Å²) in [5, 5.41) is 5.15. The summed E-state index contributed by atoms with van der Waals surface area (Å²) < 4.78 is 7.14. The van der Waals surface area contributed by atoms with Crippen LogP contribution in [0.25, 0.3) is 0 Å². The number of carbonyl (C=O) groups excluding carboxylic acids is 1. The quantitative estimate of drug-likeness (QED) is 0.641. The number of anilines is 1. The summed E-state index contributed by atoms with van der Waals surface area (Å²) in [4.78, 5) is 19.5. The monoisotopic (exact) mass is 408 g/mol. The molecule has 29 heavy (non-hydrogen) atoms. The van der Waals surface area contributed by atoms with E-state index in [-0.39, 0.29) is 23.9 Å². The Labute approximate surface area is 174 Å². The van der Waals surface area contributed by atoms with Gasteiger partial charge in [0.1, 0.15) is 12.1 Å². The summed E-state index contributed by atoms with van der Waals surface area (Å²) in [5.41, 5.74) is 2.03. The average molecular weight is 409 g/mol. The Bertz CT molecular complexity index is 1040. The molecular formula is C22H21ClN4O2. The van der Waals surface area contributed by atoms with Crippen LogP contribution in [0.2, 0.25) is 5.02 Å². The fourth-order valence-corrected chi connectivity index (χ4v) is 4.35. The minimum Gasteiger partial charge on any atom is -0.497 e. The number of hydrogen-bond donors (Lipinski definition) is 0. The molecule has 0 bridgehead atoms. The van der Waals surface area contributed by atoms with Crippen molar-refractivity contribution in [3.8, 4) is 5.75 Å². The van der Waals surface area contributed by atoms with Crippen LogP contribution >= 0.6 is 11.6 Å². The maximum Gasteiger partial charge on any atom is 0.233 e. The Hall–Kier alpha value is -2.86. The van der Waals surface area contributed by atoms with E-state index in [0.717, 1.165) is 29.7 Å². The first-order chi connectivity index (χ1) is 14.2. The standard InChI is InChI=1S/C22H21ClN4O2/c1-29-16-10-8-14(9-11-16)19-12-20(17-4-2-3-5-18(17)23)27-22(24-13-25-27)26(19)21(28)15-6-7-15/h2-5,8-11,13,15,19-20H,6-7,12H2,1H3. The highest BCUT2D eigenvalue weighted by molar-refractivity contribution is 6.31. The molecule has 1 aliphatic carbocycles. The van der Waals surface area contributed by atoms with Crippen molar-refractivity contribution in [1.82, 2.24) is 14.8 Å². The van der Waals surface area contributed by atoms with Gasteiger partial charge in [-0.2, -0.15) is 10.1 Å². The zero-order chi connectivity index (χ0) is 20.0. The molecule has 1 aromatic heterocycles. The van der Waals surface area contributed by atoms with E-state index in [1.165, 1.54) is 6.33 Å². The first-order valence-corrected chi connectivity index (χ1v) is 10.2. The first-order valence-electron chi connectivity index (χ1n) is 9.78. The van der Waals surface area contributed by atoms with Crippen molar-refractivity contribution in [3.05, 3.63) is 71.0 Å². The zero-order valence-electron chi connectivity index (χ0n) is 16.0. The molecule has 5 rings (SSSR count). The number of halogens is 1. The van der Waals surface area contributed by atoms with Crippen LogP contribution in [0, 0.1) is 5.92 Å². The summed E-state index contributed by atoms with van der Waals surface area (Å²) in [5.74, 6) is 1.57. The number of fused-ring (bicyclic) bond motifs is 1. The van der Waals surface area contributed by atoms with Crippen molar-refractivity contribution in [1.29, 1.82) is 0 Å². The third-order valence-corrected chi connectivity index (χ3v) is 6.10. The molecule has 0 N–H and O–H groups in total. The normalized spacial score (nSPS) is 21.0. The lowest BCUT2D eigenvalue weighted by atomic mass is 9.91. The van der Waals surface area contributed by atoms with Crippen molar-refractivity contribution < 1.29 is 9.53 Å². The van der Waals surface area contributed by atoms with E-state index in [2.05, 4.69) is 10.1 Å². The fourth-order valence-electron chi connectivity index (χ4n) is 4.09. The number of aromatic nitrogens is 3. The highest BCUT2D eigenvalue weighted by atomic mass is 35.5. The van der Waals surface area contributed by atoms with Crippen LogP contribution in [-0.2, 0) is 4.79 Å². The number of carbonyl (C=O) groups is 1. The minimum atomic E-state index is -0.146. The van der Waals surface area contributed by atoms with Gasteiger partial charge < -0.3 is 4.74 Å². The number of ether oxygens (including phenoxy) is 1. The molecule has 0 radical (unpaired) electrons. The number of methoxy groups -OCH3 is 1. The van der Waals surface area contributed by atoms with E-state index in [0.29, 0.717) is 17.4 Å². The Morgan fingerprint density at radius 3 is 2.55 bits per heavy atom. The number of benzene rings is 2. The van der Waals surface area contributed by atoms with Gasteiger partial charge in [0.05, 0.1) is 19.2 Å². The lowest BCUT2D eigenvalue weighted by Crippen LogP contribution is -2.43. The van der Waals surface area contributed by atoms with Gasteiger partial charge in [0.25, 0.3) is 0 Å². The summed E-state index contributed by atoms with van der Waals surface area (Å²) in [6.45, 7) is 0. The first kappa shape index (κ1) is 18.2. The predicted molar refractivity (Wildman–Crippen MR) is 110 cm³/mol. The molecule has 2 unspecified atom stereocenters. The van der Waals surface area contributed by atoms with Crippen molar-refractivity contribution >= 4 is 23.5 Å². The zero-order valence-corrected chi connectivity index (χ0v) is 16.8. The smallest absolute Gasteiger partial charge is 0.233 e. The highest BCUT2D eigenvalue weighted by Crippen LogP contribution is 2.45. The molecule has 1 amide bonds. The maximum absolute atomic E-state index is 13.2. The van der Waals surface area contributed by atoms with Gasteiger partial charge in [-0.15, -0.1) is 0 Å². The van der Waals surface area contributed by atoms with Crippen LogP contribution in [0.15, 0.2) is 54.9 Å². The predicted octanol–water partition coefficient (Wildman–Crippen LogP) is 4.42. The van der Waals surface area contributed by atoms with Crippen LogP contribution in [0.1, 0.15) is 42.5 Å². The molecule has 2 aromatic carbocycles. The number of hydrogen-bond acceptors (Lipinski definition) is 4. The van der Waals surface area contributed by atoms with E-state index in [9.17, 15) is 4.79 Å². The lowest BCUT2D eigenvalue weighted by molar-refractivity contribution is -0.120. The lowest BCUT2D eigenvalue weighted by Gasteiger charge is -2.39. The SMILES string of the molecule is COc1ccc(C2CC(c3ccccc3Cl)n3ncnc3N2C(=O)C2CC2)cc1. The van der Waals surface area contributed by atoms with Gasteiger partial charge in [-0.05, 0) is 48.6 Å². The fraction of sp³-hybridized carbons (Fsp3) is 0.318. The molecule has 7 heteroatoms. The molecule has 1 aliphatic heterocycles. The molecule has 6 nitrogen and oxygen atoms in total. The van der Waals surface area contributed by atoms with Crippen molar-refractivity contribution in [2.24, 2.45) is 5.92 Å². The second-order valence-corrected chi connectivity index (χ2v) is 7.96. The van der Waals surface area contributed by atoms with E-state index < -0.39 is 0 Å². The Morgan fingerprint density at radius 1 is 1.10 bits per heavy atom. The summed E-state index contributed by atoms with van der Waals surface area (Å²) in [6, 6.07) is 15.4. The Kier molecular flexibility index (Phi) is 4.51. The van der Waals surface area contributed by atoms with Crippen LogP contribution in [0.3, 0.4) is 0 Å². The summed E-state index contributed by atoms with van der Waals surface area (Å²) >= 11 is 6.53. The van der Waals surface area contributed by atoms with Crippen molar-refractivity contribution in [3.63, 3.8) is 0 Å². The van der Waals surface area contributed by atoms with Crippen LogP contribution in [0.4, 0.5) is 5.95 Å². The maximum atomic E-state index is 13.2. The van der Waals surface area contributed by atoms with Gasteiger partial charge in [-0.25, -0.2) is 4.68 Å². The second kappa shape index (κ2) is 7.19. The molecule has 0 saturated heterocycles. The van der Waals surface area contributed by atoms with E-state index in [1.54, 1.807) is 7.11 Å². The molecule has 2 atom stereocenters. The van der Waals surface area contributed by atoms with Gasteiger partial charge in [0, 0.05) is 10.9 Å². The third kappa shape index (κ3) is 3.17. The van der Waals surface area contributed by atoms with E-state index in [4.69, 9.17) is 16.3 Å². The third-order valence-electron chi connectivity index (χ3n) is 5.75. The average Bonchev–Trinajstić information content (AvgIpc) is 3.49. The number of amides is 1. The molecule has 148 valence electrons. The molecule has 2 heterocycles. The second-order valence-electron chi connectivity index (χ2n) is 7.55. The number of rotatable bonds is 4. The molecular weight excluding hydrogens is 388 g/mol. The molecule has 1 fully saturated rings. The minimum absolute atomic E-state index is 0.0813. The van der Waals surface area contributed by atoms with Crippen LogP contribution in [0.5, 0.6) is 5.75 Å². The number of nitrogens with zero attached hydrogens (tertiary/aromatic N) is 4. The summed E-state index contributed by atoms with van der Waals surface area (Å²) in [6.07, 6.45) is 4.06. The Morgan fingerprint density at radius 2 is 1.86 bits per heavy atom. The van der Waals surface area contributed by atoms with Gasteiger partial charge in [0.15, 0.2) is 0 Å². The van der Waals surface area contributed by atoms with Gasteiger partial charge >= 0.3 is 0 Å². The molecule has 2 aliphatic rings. The van der Waals surface area contributed by atoms with Gasteiger partial charge in [-0.1, -0.05) is 41.9 Å². The largest absolute Gasteiger partial charge is 0.497 e. The van der Waals surface area contributed by atoms with Crippen molar-refractivity contribution in [2.45, 2.75) is 31.3 Å². The summed E-state index contributed by atoms with van der Waals surface area (Å²) in [7, 11) is 1.65. The topological polar surface area (TPSA) is 60.2 Å². The van der Waals surface area contributed by atoms with E-state index >= 15 is 0 Å². The molecule has 1 saturated carbocycles. The van der Waals surface area contributed by atoms with Crippen molar-refractivity contribution in [2.75, 3.05) is 12.0 Å².